The molecule has 114 valence electrons. The van der Waals surface area contributed by atoms with Crippen LogP contribution in [0.1, 0.15) is 31.5 Å². The largest absolute Gasteiger partial charge is 0.391 e. The van der Waals surface area contributed by atoms with Crippen LogP contribution in [-0.4, -0.2) is 22.2 Å². The fourth-order valence-electron chi connectivity index (χ4n) is 3.08. The molecule has 0 bridgehead atoms. The average molecular weight is 297 g/mol. The standard InChI is InChI=1S/C15H18F3N3/c1-9-19-13-6-5-12(8-14(13)20-9)21-11-4-2-3-10(7-11)15(16,17)18/h5-6,8,10-11,21H,2-4,7H2,1H3,(H,19,20). The third kappa shape index (κ3) is 3.14. The van der Waals surface area contributed by atoms with Gasteiger partial charge in [0, 0.05) is 11.7 Å². The van der Waals surface area contributed by atoms with Crippen molar-refractivity contribution in [2.45, 2.75) is 44.8 Å². The molecule has 3 nitrogen and oxygen atoms in total. The highest BCUT2D eigenvalue weighted by molar-refractivity contribution is 5.79. The molecule has 2 unspecified atom stereocenters. The Morgan fingerprint density at radius 3 is 2.86 bits per heavy atom. The second-order valence-electron chi connectivity index (χ2n) is 5.80. The first kappa shape index (κ1) is 14.2. The van der Waals surface area contributed by atoms with Gasteiger partial charge in [0.15, 0.2) is 0 Å². The lowest BCUT2D eigenvalue weighted by molar-refractivity contribution is -0.182. The lowest BCUT2D eigenvalue weighted by atomic mass is 9.85. The molecule has 21 heavy (non-hydrogen) atoms. The van der Waals surface area contributed by atoms with Gasteiger partial charge in [-0.25, -0.2) is 4.98 Å². The number of fused-ring (bicyclic) bond motifs is 1. The molecule has 1 aliphatic rings. The number of benzene rings is 1. The molecule has 1 saturated carbocycles. The molecule has 1 fully saturated rings. The van der Waals surface area contributed by atoms with Crippen LogP contribution in [0.3, 0.4) is 0 Å². The van der Waals surface area contributed by atoms with Crippen molar-refractivity contribution in [3.8, 4) is 0 Å². The number of aromatic amines is 1. The first-order valence-electron chi connectivity index (χ1n) is 7.21. The summed E-state index contributed by atoms with van der Waals surface area (Å²) in [7, 11) is 0. The number of nitrogens with one attached hydrogen (secondary N) is 2. The number of hydrogen-bond acceptors (Lipinski definition) is 2. The number of anilines is 1. The maximum atomic E-state index is 12.8. The highest BCUT2D eigenvalue weighted by Crippen LogP contribution is 2.38. The molecule has 1 aliphatic carbocycles. The normalized spacial score (nSPS) is 23.4. The SMILES string of the molecule is Cc1nc2ccc(NC3CCCC(C(F)(F)F)C3)cc2[nH]1. The number of aromatic nitrogens is 2. The highest BCUT2D eigenvalue weighted by atomic mass is 19.4. The summed E-state index contributed by atoms with van der Waals surface area (Å²) in [6.07, 6.45) is -2.27. The lowest BCUT2D eigenvalue weighted by Gasteiger charge is -2.31. The van der Waals surface area contributed by atoms with E-state index in [1.54, 1.807) is 0 Å². The summed E-state index contributed by atoms with van der Waals surface area (Å²) < 4.78 is 38.5. The minimum Gasteiger partial charge on any atom is -0.382 e. The summed E-state index contributed by atoms with van der Waals surface area (Å²) >= 11 is 0. The van der Waals surface area contributed by atoms with E-state index in [1.165, 1.54) is 0 Å². The van der Waals surface area contributed by atoms with Gasteiger partial charge in [-0.2, -0.15) is 13.2 Å². The molecule has 1 aromatic carbocycles. The van der Waals surface area contributed by atoms with E-state index in [0.717, 1.165) is 29.0 Å². The van der Waals surface area contributed by atoms with Crippen molar-refractivity contribution in [2.75, 3.05) is 5.32 Å². The van der Waals surface area contributed by atoms with Crippen molar-refractivity contribution < 1.29 is 13.2 Å². The van der Waals surface area contributed by atoms with Crippen molar-refractivity contribution in [3.05, 3.63) is 24.0 Å². The van der Waals surface area contributed by atoms with Gasteiger partial charge in [0.1, 0.15) is 5.82 Å². The fraction of sp³-hybridized carbons (Fsp3) is 0.533. The van der Waals surface area contributed by atoms with E-state index in [-0.39, 0.29) is 18.9 Å². The predicted octanol–water partition coefficient (Wildman–Crippen LogP) is 4.40. The zero-order valence-electron chi connectivity index (χ0n) is 11.8. The minimum absolute atomic E-state index is 0.119. The molecule has 6 heteroatoms. The molecule has 1 heterocycles. The summed E-state index contributed by atoms with van der Waals surface area (Å²) in [5.41, 5.74) is 2.62. The zero-order chi connectivity index (χ0) is 15.0. The fourth-order valence-corrected chi connectivity index (χ4v) is 3.08. The molecule has 1 aromatic heterocycles. The molecular formula is C15H18F3N3. The topological polar surface area (TPSA) is 40.7 Å². The summed E-state index contributed by atoms with van der Waals surface area (Å²) in [6, 6.07) is 5.55. The van der Waals surface area contributed by atoms with E-state index >= 15 is 0 Å². The maximum Gasteiger partial charge on any atom is 0.391 e. The van der Waals surface area contributed by atoms with Gasteiger partial charge in [0.05, 0.1) is 17.0 Å². The van der Waals surface area contributed by atoms with Crippen molar-refractivity contribution in [3.63, 3.8) is 0 Å². The Labute approximate surface area is 121 Å². The molecule has 3 rings (SSSR count). The summed E-state index contributed by atoms with van der Waals surface area (Å²) in [5, 5.41) is 3.24. The molecule has 0 saturated heterocycles. The van der Waals surface area contributed by atoms with Gasteiger partial charge in [-0.1, -0.05) is 6.42 Å². The van der Waals surface area contributed by atoms with Crippen LogP contribution in [0.4, 0.5) is 18.9 Å². The van der Waals surface area contributed by atoms with Gasteiger partial charge < -0.3 is 10.3 Å². The van der Waals surface area contributed by atoms with Crippen LogP contribution in [0.2, 0.25) is 0 Å². The Kier molecular flexibility index (Phi) is 3.55. The van der Waals surface area contributed by atoms with Gasteiger partial charge in [0.2, 0.25) is 0 Å². The molecule has 0 spiro atoms. The average Bonchev–Trinajstić information content (AvgIpc) is 2.77. The Balaban J connectivity index is 1.72. The second-order valence-corrected chi connectivity index (χ2v) is 5.80. The summed E-state index contributed by atoms with van der Waals surface area (Å²) in [6.45, 7) is 1.88. The number of imidazole rings is 1. The van der Waals surface area contributed by atoms with Crippen LogP contribution in [0.25, 0.3) is 11.0 Å². The van der Waals surface area contributed by atoms with Crippen LogP contribution in [-0.2, 0) is 0 Å². The highest BCUT2D eigenvalue weighted by Gasteiger charge is 2.42. The summed E-state index contributed by atoms with van der Waals surface area (Å²) in [5.74, 6) is -0.348. The molecule has 0 amide bonds. The van der Waals surface area contributed by atoms with Crippen LogP contribution >= 0.6 is 0 Å². The van der Waals surface area contributed by atoms with Crippen molar-refractivity contribution >= 4 is 16.7 Å². The minimum atomic E-state index is -4.08. The van der Waals surface area contributed by atoms with Crippen molar-refractivity contribution in [1.29, 1.82) is 0 Å². The predicted molar refractivity (Wildman–Crippen MR) is 76.3 cm³/mol. The molecule has 2 N–H and O–H groups in total. The number of rotatable bonds is 2. The van der Waals surface area contributed by atoms with E-state index in [1.807, 2.05) is 25.1 Å². The number of nitrogens with zero attached hydrogens (tertiary/aromatic N) is 1. The molecular weight excluding hydrogens is 279 g/mol. The molecule has 2 atom stereocenters. The van der Waals surface area contributed by atoms with Crippen LogP contribution in [0, 0.1) is 12.8 Å². The Hall–Kier alpha value is -1.72. The zero-order valence-corrected chi connectivity index (χ0v) is 11.8. The van der Waals surface area contributed by atoms with Gasteiger partial charge in [-0.15, -0.1) is 0 Å². The van der Waals surface area contributed by atoms with Gasteiger partial charge in [-0.05, 0) is 44.4 Å². The van der Waals surface area contributed by atoms with Crippen LogP contribution < -0.4 is 5.32 Å². The van der Waals surface area contributed by atoms with E-state index in [2.05, 4.69) is 15.3 Å². The first-order valence-corrected chi connectivity index (χ1v) is 7.21. The Morgan fingerprint density at radius 1 is 1.29 bits per heavy atom. The first-order chi connectivity index (χ1) is 9.91. The molecule has 0 radical (unpaired) electrons. The molecule has 0 aliphatic heterocycles. The van der Waals surface area contributed by atoms with Crippen molar-refractivity contribution in [2.24, 2.45) is 5.92 Å². The van der Waals surface area contributed by atoms with E-state index in [4.69, 9.17) is 0 Å². The van der Waals surface area contributed by atoms with E-state index < -0.39 is 12.1 Å². The number of alkyl halides is 3. The lowest BCUT2D eigenvalue weighted by Crippen LogP contribution is -2.34. The number of halogens is 3. The Morgan fingerprint density at radius 2 is 2.10 bits per heavy atom. The number of H-pyrrole nitrogens is 1. The monoisotopic (exact) mass is 297 g/mol. The van der Waals surface area contributed by atoms with Crippen LogP contribution in [0.5, 0.6) is 0 Å². The second kappa shape index (κ2) is 5.24. The summed E-state index contributed by atoms with van der Waals surface area (Å²) in [4.78, 5) is 7.45. The van der Waals surface area contributed by atoms with E-state index in [9.17, 15) is 13.2 Å². The maximum absolute atomic E-state index is 12.8. The third-order valence-electron chi connectivity index (χ3n) is 4.11. The Bertz CT molecular complexity index is 633. The quantitative estimate of drug-likeness (QED) is 0.862. The smallest absolute Gasteiger partial charge is 0.382 e. The number of aryl methyl sites for hydroxylation is 1. The third-order valence-corrected chi connectivity index (χ3v) is 4.11. The number of hydrogen-bond donors (Lipinski definition) is 2. The van der Waals surface area contributed by atoms with Gasteiger partial charge in [0.25, 0.3) is 0 Å². The van der Waals surface area contributed by atoms with Crippen molar-refractivity contribution in [1.82, 2.24) is 9.97 Å². The van der Waals surface area contributed by atoms with E-state index in [0.29, 0.717) is 6.42 Å². The molecule has 2 aromatic rings. The van der Waals surface area contributed by atoms with Crippen LogP contribution in [0.15, 0.2) is 18.2 Å². The van der Waals surface area contributed by atoms with Gasteiger partial charge in [-0.3, -0.25) is 0 Å². The van der Waals surface area contributed by atoms with Gasteiger partial charge >= 0.3 is 6.18 Å².